The number of fused-ring (bicyclic) bond motifs is 1. The van der Waals surface area contributed by atoms with E-state index in [4.69, 9.17) is 4.74 Å². The number of hydrogen-bond acceptors (Lipinski definition) is 4. The molecular formula is C21H17BrN2O3. The maximum Gasteiger partial charge on any atom is 0.262 e. The summed E-state index contributed by atoms with van der Waals surface area (Å²) in [5.74, 6) is 0.714. The summed E-state index contributed by atoms with van der Waals surface area (Å²) in [7, 11) is 1.60. The number of para-hydroxylation sites is 1. The normalized spacial score (nSPS) is 15.9. The Morgan fingerprint density at radius 3 is 2.67 bits per heavy atom. The van der Waals surface area contributed by atoms with Gasteiger partial charge in [-0.25, -0.2) is 0 Å². The lowest BCUT2D eigenvalue weighted by Gasteiger charge is -2.38. The number of ether oxygens (including phenoxy) is 1. The van der Waals surface area contributed by atoms with E-state index in [1.807, 2.05) is 42.5 Å². The SMILES string of the molecule is COc1cccc(N2C(=O)c3ccccc3N[C@H]2c2ccc(O)c(Br)c2)c1. The number of phenols is 1. The van der Waals surface area contributed by atoms with E-state index in [1.54, 1.807) is 36.3 Å². The van der Waals surface area contributed by atoms with Crippen molar-refractivity contribution in [2.24, 2.45) is 0 Å². The van der Waals surface area contributed by atoms with Gasteiger partial charge in [0.25, 0.3) is 5.91 Å². The quantitative estimate of drug-likeness (QED) is 0.625. The Labute approximate surface area is 165 Å². The van der Waals surface area contributed by atoms with Crippen LogP contribution in [0.5, 0.6) is 11.5 Å². The number of amides is 1. The molecule has 5 nitrogen and oxygen atoms in total. The first-order valence-corrected chi connectivity index (χ1v) is 9.19. The van der Waals surface area contributed by atoms with Crippen LogP contribution in [-0.4, -0.2) is 18.1 Å². The van der Waals surface area contributed by atoms with Crippen molar-refractivity contribution in [1.82, 2.24) is 0 Å². The summed E-state index contributed by atoms with van der Waals surface area (Å²) < 4.78 is 5.90. The second-order valence-corrected chi connectivity index (χ2v) is 7.03. The summed E-state index contributed by atoms with van der Waals surface area (Å²) in [6.07, 6.45) is -0.434. The third-order valence-electron chi connectivity index (χ3n) is 4.55. The lowest BCUT2D eigenvalue weighted by molar-refractivity contribution is 0.0975. The number of carbonyl (C=O) groups is 1. The third kappa shape index (κ3) is 3.13. The van der Waals surface area contributed by atoms with Crippen molar-refractivity contribution >= 4 is 33.2 Å². The zero-order valence-corrected chi connectivity index (χ0v) is 16.1. The van der Waals surface area contributed by atoms with E-state index in [0.717, 1.165) is 16.9 Å². The van der Waals surface area contributed by atoms with Gasteiger partial charge in [0, 0.05) is 11.8 Å². The maximum absolute atomic E-state index is 13.3. The molecule has 0 spiro atoms. The minimum atomic E-state index is -0.434. The number of phenolic OH excluding ortho intramolecular Hbond substituents is 1. The molecule has 1 amide bonds. The number of rotatable bonds is 3. The zero-order chi connectivity index (χ0) is 19.0. The van der Waals surface area contributed by atoms with Crippen LogP contribution in [0.1, 0.15) is 22.1 Å². The molecule has 2 N–H and O–H groups in total. The highest BCUT2D eigenvalue weighted by molar-refractivity contribution is 9.10. The molecule has 0 aromatic heterocycles. The lowest BCUT2D eigenvalue weighted by Crippen LogP contribution is -2.43. The van der Waals surface area contributed by atoms with Crippen LogP contribution in [0, 0.1) is 0 Å². The number of halogens is 1. The molecule has 3 aromatic rings. The minimum absolute atomic E-state index is 0.105. The van der Waals surface area contributed by atoms with Crippen molar-refractivity contribution in [3.63, 3.8) is 0 Å². The van der Waals surface area contributed by atoms with Gasteiger partial charge in [-0.15, -0.1) is 0 Å². The van der Waals surface area contributed by atoms with Gasteiger partial charge in [-0.05, 0) is 57.9 Å². The molecule has 0 aliphatic carbocycles. The number of benzene rings is 3. The second kappa shape index (κ2) is 6.96. The van der Waals surface area contributed by atoms with E-state index in [2.05, 4.69) is 21.2 Å². The number of nitrogens with one attached hydrogen (secondary N) is 1. The smallest absolute Gasteiger partial charge is 0.262 e. The molecular weight excluding hydrogens is 408 g/mol. The maximum atomic E-state index is 13.3. The summed E-state index contributed by atoms with van der Waals surface area (Å²) in [4.78, 5) is 15.0. The molecule has 1 aliphatic heterocycles. The zero-order valence-electron chi connectivity index (χ0n) is 14.5. The standard InChI is InChI=1S/C21H17BrN2O3/c1-27-15-6-4-5-14(12-15)24-20(13-9-10-19(25)17(22)11-13)23-18-8-3-2-7-16(18)21(24)26/h2-12,20,23,25H,1H3/t20-/m1/s1. The van der Waals surface area contributed by atoms with E-state index in [9.17, 15) is 9.90 Å². The number of hydrogen-bond donors (Lipinski definition) is 2. The summed E-state index contributed by atoms with van der Waals surface area (Å²) in [5.41, 5.74) is 2.94. The molecule has 136 valence electrons. The Hall–Kier alpha value is -2.99. The van der Waals surface area contributed by atoms with E-state index in [-0.39, 0.29) is 11.7 Å². The average molecular weight is 425 g/mol. The molecule has 6 heteroatoms. The average Bonchev–Trinajstić information content (AvgIpc) is 2.70. The van der Waals surface area contributed by atoms with Crippen LogP contribution in [0.3, 0.4) is 0 Å². The van der Waals surface area contributed by atoms with Gasteiger partial charge in [0.15, 0.2) is 0 Å². The van der Waals surface area contributed by atoms with E-state index < -0.39 is 6.17 Å². The van der Waals surface area contributed by atoms with Gasteiger partial charge in [-0.2, -0.15) is 0 Å². The molecule has 3 aromatic carbocycles. The molecule has 0 fully saturated rings. The van der Waals surface area contributed by atoms with Gasteiger partial charge in [-0.1, -0.05) is 24.3 Å². The van der Waals surface area contributed by atoms with Crippen LogP contribution < -0.4 is 15.0 Å². The Morgan fingerprint density at radius 2 is 1.89 bits per heavy atom. The van der Waals surface area contributed by atoms with Crippen LogP contribution >= 0.6 is 15.9 Å². The third-order valence-corrected chi connectivity index (χ3v) is 5.18. The topological polar surface area (TPSA) is 61.8 Å². The fourth-order valence-corrected chi connectivity index (χ4v) is 3.60. The summed E-state index contributed by atoms with van der Waals surface area (Å²) in [6, 6.07) is 20.0. The van der Waals surface area contributed by atoms with Gasteiger partial charge in [0.2, 0.25) is 0 Å². The highest BCUT2D eigenvalue weighted by Gasteiger charge is 2.34. The molecule has 1 atom stereocenters. The molecule has 1 heterocycles. The highest BCUT2D eigenvalue weighted by Crippen LogP contribution is 2.39. The largest absolute Gasteiger partial charge is 0.507 e. The van der Waals surface area contributed by atoms with Gasteiger partial charge in [0.1, 0.15) is 17.7 Å². The molecule has 0 unspecified atom stereocenters. The van der Waals surface area contributed by atoms with E-state index in [0.29, 0.717) is 15.8 Å². The molecule has 0 saturated heterocycles. The van der Waals surface area contributed by atoms with Crippen molar-refractivity contribution in [3.05, 3.63) is 82.3 Å². The fourth-order valence-electron chi connectivity index (χ4n) is 3.21. The Balaban J connectivity index is 1.87. The number of anilines is 2. The molecule has 1 aliphatic rings. The molecule has 0 bridgehead atoms. The monoisotopic (exact) mass is 424 g/mol. The van der Waals surface area contributed by atoms with Crippen molar-refractivity contribution < 1.29 is 14.6 Å². The van der Waals surface area contributed by atoms with Crippen LogP contribution in [0.25, 0.3) is 0 Å². The van der Waals surface area contributed by atoms with Crippen LogP contribution in [-0.2, 0) is 0 Å². The number of carbonyl (C=O) groups excluding carboxylic acids is 1. The first kappa shape index (κ1) is 17.4. The van der Waals surface area contributed by atoms with E-state index >= 15 is 0 Å². The molecule has 0 saturated carbocycles. The van der Waals surface area contributed by atoms with Gasteiger partial charge in [0.05, 0.1) is 22.8 Å². The van der Waals surface area contributed by atoms with Crippen LogP contribution in [0.15, 0.2) is 71.2 Å². The van der Waals surface area contributed by atoms with Crippen molar-refractivity contribution in [3.8, 4) is 11.5 Å². The fraction of sp³-hybridized carbons (Fsp3) is 0.0952. The van der Waals surface area contributed by atoms with Gasteiger partial charge in [-0.3, -0.25) is 9.69 Å². The Kier molecular flexibility index (Phi) is 4.49. The van der Waals surface area contributed by atoms with Gasteiger partial charge >= 0.3 is 0 Å². The van der Waals surface area contributed by atoms with E-state index in [1.165, 1.54) is 0 Å². The Morgan fingerprint density at radius 1 is 1.07 bits per heavy atom. The molecule has 4 rings (SSSR count). The number of aromatic hydroxyl groups is 1. The first-order chi connectivity index (χ1) is 13.1. The summed E-state index contributed by atoms with van der Waals surface area (Å²) in [5, 5.41) is 13.3. The lowest BCUT2D eigenvalue weighted by atomic mass is 10.0. The summed E-state index contributed by atoms with van der Waals surface area (Å²) >= 11 is 3.36. The van der Waals surface area contributed by atoms with Gasteiger partial charge < -0.3 is 15.2 Å². The second-order valence-electron chi connectivity index (χ2n) is 6.18. The van der Waals surface area contributed by atoms with Crippen molar-refractivity contribution in [1.29, 1.82) is 0 Å². The minimum Gasteiger partial charge on any atom is -0.507 e. The van der Waals surface area contributed by atoms with Crippen LogP contribution in [0.2, 0.25) is 0 Å². The van der Waals surface area contributed by atoms with Crippen molar-refractivity contribution in [2.75, 3.05) is 17.3 Å². The number of nitrogens with zero attached hydrogens (tertiary/aromatic N) is 1. The van der Waals surface area contributed by atoms with Crippen LogP contribution in [0.4, 0.5) is 11.4 Å². The molecule has 0 radical (unpaired) electrons. The summed E-state index contributed by atoms with van der Waals surface area (Å²) in [6.45, 7) is 0. The predicted molar refractivity (Wildman–Crippen MR) is 108 cm³/mol. The first-order valence-electron chi connectivity index (χ1n) is 8.40. The Bertz CT molecular complexity index is 1020. The highest BCUT2D eigenvalue weighted by atomic mass is 79.9. The molecule has 27 heavy (non-hydrogen) atoms. The predicted octanol–water partition coefficient (Wildman–Crippen LogP) is 4.93. The van der Waals surface area contributed by atoms with Crippen molar-refractivity contribution in [2.45, 2.75) is 6.17 Å². The number of methoxy groups -OCH3 is 1.